The SMILES string of the molecule is CC1CN(Cc2cc(F)cc(C(=N)N)c2)CC(C)S1. The molecule has 0 saturated carbocycles. The van der Waals surface area contributed by atoms with Crippen LogP contribution >= 0.6 is 11.8 Å². The maximum absolute atomic E-state index is 13.5. The van der Waals surface area contributed by atoms with Crippen LogP contribution < -0.4 is 5.73 Å². The second-order valence-electron chi connectivity index (χ2n) is 5.21. The van der Waals surface area contributed by atoms with Crippen molar-refractivity contribution in [1.82, 2.24) is 4.90 Å². The van der Waals surface area contributed by atoms with Crippen LogP contribution in [0, 0.1) is 11.2 Å². The summed E-state index contributed by atoms with van der Waals surface area (Å²) in [5, 5.41) is 8.61. The average Bonchev–Trinajstić information content (AvgIpc) is 2.26. The molecule has 1 aromatic carbocycles. The van der Waals surface area contributed by atoms with Crippen LogP contribution in [-0.4, -0.2) is 34.3 Å². The Morgan fingerprint density at radius 3 is 2.58 bits per heavy atom. The third-order valence-electron chi connectivity index (χ3n) is 3.17. The lowest BCUT2D eigenvalue weighted by Crippen LogP contribution is -2.39. The summed E-state index contributed by atoms with van der Waals surface area (Å²) in [5.41, 5.74) is 6.77. The van der Waals surface area contributed by atoms with Gasteiger partial charge in [0.15, 0.2) is 0 Å². The molecule has 1 aliphatic rings. The van der Waals surface area contributed by atoms with Crippen LogP contribution in [0.3, 0.4) is 0 Å². The number of nitrogens with two attached hydrogens (primary N) is 1. The molecule has 0 spiro atoms. The van der Waals surface area contributed by atoms with E-state index in [1.807, 2.05) is 17.8 Å². The minimum Gasteiger partial charge on any atom is -0.384 e. The second-order valence-corrected chi connectivity index (χ2v) is 7.09. The maximum Gasteiger partial charge on any atom is 0.124 e. The molecule has 3 nitrogen and oxygen atoms in total. The quantitative estimate of drug-likeness (QED) is 0.661. The van der Waals surface area contributed by atoms with E-state index in [0.717, 1.165) is 18.7 Å². The zero-order chi connectivity index (χ0) is 14.0. The number of rotatable bonds is 3. The summed E-state index contributed by atoms with van der Waals surface area (Å²) in [5.74, 6) is -0.410. The molecule has 0 bridgehead atoms. The first kappa shape index (κ1) is 14.3. The predicted molar refractivity (Wildman–Crippen MR) is 79.2 cm³/mol. The van der Waals surface area contributed by atoms with Gasteiger partial charge >= 0.3 is 0 Å². The van der Waals surface area contributed by atoms with Crippen molar-refractivity contribution in [2.24, 2.45) is 5.73 Å². The number of benzene rings is 1. The van der Waals surface area contributed by atoms with Crippen molar-refractivity contribution >= 4 is 17.6 Å². The molecule has 5 heteroatoms. The van der Waals surface area contributed by atoms with Gasteiger partial charge in [-0.3, -0.25) is 10.3 Å². The summed E-state index contributed by atoms with van der Waals surface area (Å²) < 4.78 is 13.5. The van der Waals surface area contributed by atoms with Crippen LogP contribution in [0.15, 0.2) is 18.2 Å². The van der Waals surface area contributed by atoms with E-state index in [2.05, 4.69) is 18.7 Å². The van der Waals surface area contributed by atoms with Gasteiger partial charge in [0.25, 0.3) is 0 Å². The molecule has 19 heavy (non-hydrogen) atoms. The van der Waals surface area contributed by atoms with Crippen LogP contribution in [0.25, 0.3) is 0 Å². The van der Waals surface area contributed by atoms with Crippen molar-refractivity contribution in [3.8, 4) is 0 Å². The summed E-state index contributed by atoms with van der Waals surface area (Å²) in [6.45, 7) is 7.19. The highest BCUT2D eigenvalue weighted by Crippen LogP contribution is 2.26. The molecule has 1 fully saturated rings. The largest absolute Gasteiger partial charge is 0.384 e. The fourth-order valence-electron chi connectivity index (χ4n) is 2.57. The molecule has 2 atom stereocenters. The van der Waals surface area contributed by atoms with Gasteiger partial charge in [-0.25, -0.2) is 4.39 Å². The molecular formula is C14H20FN3S. The lowest BCUT2D eigenvalue weighted by atomic mass is 10.1. The molecule has 0 aromatic heterocycles. The van der Waals surface area contributed by atoms with Crippen molar-refractivity contribution in [2.75, 3.05) is 13.1 Å². The van der Waals surface area contributed by atoms with Gasteiger partial charge in [-0.1, -0.05) is 13.8 Å². The van der Waals surface area contributed by atoms with Crippen LogP contribution in [-0.2, 0) is 6.54 Å². The van der Waals surface area contributed by atoms with E-state index in [1.165, 1.54) is 12.1 Å². The van der Waals surface area contributed by atoms with Gasteiger partial charge in [-0.05, 0) is 23.8 Å². The van der Waals surface area contributed by atoms with Crippen molar-refractivity contribution in [1.29, 1.82) is 5.41 Å². The van der Waals surface area contributed by atoms with Crippen molar-refractivity contribution in [3.63, 3.8) is 0 Å². The van der Waals surface area contributed by atoms with Crippen LogP contribution in [0.4, 0.5) is 4.39 Å². The van der Waals surface area contributed by atoms with Crippen LogP contribution in [0.1, 0.15) is 25.0 Å². The molecular weight excluding hydrogens is 261 g/mol. The average molecular weight is 281 g/mol. The van der Waals surface area contributed by atoms with Crippen molar-refractivity contribution < 1.29 is 4.39 Å². The highest BCUT2D eigenvalue weighted by molar-refractivity contribution is 8.00. The molecule has 0 amide bonds. The Morgan fingerprint density at radius 1 is 1.37 bits per heavy atom. The molecule has 0 radical (unpaired) electrons. The van der Waals surface area contributed by atoms with Crippen LogP contribution in [0.5, 0.6) is 0 Å². The normalized spacial score (nSPS) is 24.4. The Bertz CT molecular complexity index is 468. The van der Waals surface area contributed by atoms with E-state index in [4.69, 9.17) is 11.1 Å². The first-order valence-corrected chi connectivity index (χ1v) is 7.40. The minimum absolute atomic E-state index is 0.0864. The zero-order valence-electron chi connectivity index (χ0n) is 11.3. The highest BCUT2D eigenvalue weighted by atomic mass is 32.2. The molecule has 0 aliphatic carbocycles. The number of thioether (sulfide) groups is 1. The Morgan fingerprint density at radius 2 is 2.00 bits per heavy atom. The van der Waals surface area contributed by atoms with Gasteiger partial charge in [0.05, 0.1) is 0 Å². The van der Waals surface area contributed by atoms with E-state index < -0.39 is 0 Å². The molecule has 3 N–H and O–H groups in total. The number of halogens is 1. The summed E-state index contributed by atoms with van der Waals surface area (Å²) >= 11 is 2.00. The Labute approximate surface area is 117 Å². The molecule has 1 aliphatic heterocycles. The predicted octanol–water partition coefficient (Wildman–Crippen LogP) is 2.44. The molecule has 2 rings (SSSR count). The first-order valence-electron chi connectivity index (χ1n) is 6.45. The summed E-state index contributed by atoms with van der Waals surface area (Å²) in [4.78, 5) is 2.34. The van der Waals surface area contributed by atoms with E-state index in [1.54, 1.807) is 0 Å². The lowest BCUT2D eigenvalue weighted by molar-refractivity contribution is 0.262. The Hall–Kier alpha value is -1.07. The molecule has 104 valence electrons. The van der Waals surface area contributed by atoms with Gasteiger partial charge in [0, 0.05) is 35.7 Å². The van der Waals surface area contributed by atoms with Gasteiger partial charge in [-0.15, -0.1) is 0 Å². The second kappa shape index (κ2) is 5.92. The smallest absolute Gasteiger partial charge is 0.124 e. The summed E-state index contributed by atoms with van der Waals surface area (Å²) in [6.07, 6.45) is 0. The van der Waals surface area contributed by atoms with Gasteiger partial charge in [-0.2, -0.15) is 11.8 Å². The number of nitrogen functional groups attached to an aromatic ring is 1. The molecule has 2 unspecified atom stereocenters. The van der Waals surface area contributed by atoms with Crippen LogP contribution in [0.2, 0.25) is 0 Å². The number of hydrogen-bond acceptors (Lipinski definition) is 3. The Kier molecular flexibility index (Phi) is 4.47. The molecule has 1 saturated heterocycles. The number of nitrogens with one attached hydrogen (secondary N) is 1. The monoisotopic (exact) mass is 281 g/mol. The van der Waals surface area contributed by atoms with E-state index in [9.17, 15) is 4.39 Å². The fourth-order valence-corrected chi connectivity index (χ4v) is 3.96. The maximum atomic E-state index is 13.5. The minimum atomic E-state index is -0.324. The van der Waals surface area contributed by atoms with E-state index >= 15 is 0 Å². The first-order chi connectivity index (χ1) is 8.94. The third kappa shape index (κ3) is 3.94. The number of hydrogen-bond donors (Lipinski definition) is 2. The topological polar surface area (TPSA) is 53.1 Å². The molecule has 1 aromatic rings. The zero-order valence-corrected chi connectivity index (χ0v) is 12.1. The van der Waals surface area contributed by atoms with E-state index in [0.29, 0.717) is 22.6 Å². The highest BCUT2D eigenvalue weighted by Gasteiger charge is 2.22. The van der Waals surface area contributed by atoms with Gasteiger partial charge in [0.1, 0.15) is 11.7 Å². The lowest BCUT2D eigenvalue weighted by Gasteiger charge is -2.34. The number of nitrogens with zero attached hydrogens (tertiary/aromatic N) is 1. The third-order valence-corrected chi connectivity index (χ3v) is 4.40. The van der Waals surface area contributed by atoms with Crippen molar-refractivity contribution in [2.45, 2.75) is 30.9 Å². The van der Waals surface area contributed by atoms with Crippen molar-refractivity contribution in [3.05, 3.63) is 35.1 Å². The van der Waals surface area contributed by atoms with Gasteiger partial charge in [0.2, 0.25) is 0 Å². The van der Waals surface area contributed by atoms with Gasteiger partial charge < -0.3 is 5.73 Å². The standard InChI is InChI=1S/C14H20FN3S/c1-9-6-18(7-10(2)19-9)8-11-3-12(14(16)17)5-13(15)4-11/h3-5,9-10H,6-8H2,1-2H3,(H3,16,17). The molecule has 1 heterocycles. The number of amidine groups is 1. The Balaban J connectivity index is 2.12. The summed E-state index contributed by atoms with van der Waals surface area (Å²) in [7, 11) is 0. The van der Waals surface area contributed by atoms with E-state index in [-0.39, 0.29) is 11.7 Å². The summed E-state index contributed by atoms with van der Waals surface area (Å²) in [6, 6.07) is 4.65. The fraction of sp³-hybridized carbons (Fsp3) is 0.500.